The number of carboxylic acids is 1. The standard InChI is InChI=1S/C11H20N2O2/c1-12-7-9(8-12)2-4-13-5-3-10(13)6-11(14)15/h9-10H,2-8H2,1H3,(H,14,15). The van der Waals surface area contributed by atoms with Crippen LogP contribution in [0, 0.1) is 5.92 Å². The van der Waals surface area contributed by atoms with Crippen molar-refractivity contribution in [1.29, 1.82) is 0 Å². The van der Waals surface area contributed by atoms with Gasteiger partial charge in [0.1, 0.15) is 0 Å². The van der Waals surface area contributed by atoms with Crippen LogP contribution in [-0.2, 0) is 4.79 Å². The second kappa shape index (κ2) is 4.49. The molecule has 0 radical (unpaired) electrons. The third kappa shape index (κ3) is 2.69. The van der Waals surface area contributed by atoms with Gasteiger partial charge in [0.15, 0.2) is 0 Å². The van der Waals surface area contributed by atoms with Gasteiger partial charge in [0, 0.05) is 19.1 Å². The van der Waals surface area contributed by atoms with Crippen LogP contribution in [0.15, 0.2) is 0 Å². The summed E-state index contributed by atoms with van der Waals surface area (Å²) in [5.74, 6) is 0.189. The molecular weight excluding hydrogens is 192 g/mol. The minimum atomic E-state index is -0.659. The van der Waals surface area contributed by atoms with Crippen molar-refractivity contribution >= 4 is 5.97 Å². The summed E-state index contributed by atoms with van der Waals surface area (Å²) in [4.78, 5) is 15.2. The van der Waals surface area contributed by atoms with Crippen LogP contribution in [0.4, 0.5) is 0 Å². The Morgan fingerprint density at radius 1 is 1.47 bits per heavy atom. The molecule has 4 nitrogen and oxygen atoms in total. The lowest BCUT2D eigenvalue weighted by Gasteiger charge is -2.43. The van der Waals surface area contributed by atoms with E-state index in [0.717, 1.165) is 25.4 Å². The van der Waals surface area contributed by atoms with Gasteiger partial charge in [-0.05, 0) is 38.9 Å². The van der Waals surface area contributed by atoms with Crippen molar-refractivity contribution in [2.75, 3.05) is 33.2 Å². The average Bonchev–Trinajstić information content (AvgIpc) is 2.09. The molecule has 2 aliphatic rings. The molecule has 86 valence electrons. The van der Waals surface area contributed by atoms with Gasteiger partial charge in [-0.2, -0.15) is 0 Å². The molecule has 2 rings (SSSR count). The molecule has 0 bridgehead atoms. The molecule has 2 fully saturated rings. The van der Waals surface area contributed by atoms with Crippen LogP contribution in [0.2, 0.25) is 0 Å². The molecule has 0 aromatic carbocycles. The highest BCUT2D eigenvalue weighted by Gasteiger charge is 2.31. The zero-order chi connectivity index (χ0) is 10.8. The number of hydrogen-bond acceptors (Lipinski definition) is 3. The van der Waals surface area contributed by atoms with Crippen molar-refractivity contribution in [1.82, 2.24) is 9.80 Å². The maximum absolute atomic E-state index is 10.6. The molecule has 2 aliphatic heterocycles. The molecule has 1 unspecified atom stereocenters. The van der Waals surface area contributed by atoms with E-state index in [1.54, 1.807) is 0 Å². The van der Waals surface area contributed by atoms with Crippen LogP contribution in [0.1, 0.15) is 19.3 Å². The first-order valence-electron chi connectivity index (χ1n) is 5.79. The van der Waals surface area contributed by atoms with Gasteiger partial charge >= 0.3 is 5.97 Å². The zero-order valence-corrected chi connectivity index (χ0v) is 9.35. The number of nitrogens with zero attached hydrogens (tertiary/aromatic N) is 2. The molecule has 0 aliphatic carbocycles. The molecule has 2 saturated heterocycles. The lowest BCUT2D eigenvalue weighted by Crippen LogP contribution is -2.51. The molecule has 0 amide bonds. The van der Waals surface area contributed by atoms with Crippen molar-refractivity contribution in [3.63, 3.8) is 0 Å². The highest BCUT2D eigenvalue weighted by molar-refractivity contribution is 5.67. The van der Waals surface area contributed by atoms with E-state index in [1.807, 2.05) is 0 Å². The second-order valence-electron chi connectivity index (χ2n) is 4.95. The minimum absolute atomic E-state index is 0.320. The normalized spacial score (nSPS) is 28.5. The Balaban J connectivity index is 1.61. The fourth-order valence-corrected chi connectivity index (χ4v) is 2.58. The number of likely N-dealkylation sites (tertiary alicyclic amines) is 2. The van der Waals surface area contributed by atoms with Crippen molar-refractivity contribution in [2.45, 2.75) is 25.3 Å². The Morgan fingerprint density at radius 3 is 2.67 bits per heavy atom. The summed E-state index contributed by atoms with van der Waals surface area (Å²) >= 11 is 0. The highest BCUT2D eigenvalue weighted by atomic mass is 16.4. The van der Waals surface area contributed by atoms with Crippen LogP contribution >= 0.6 is 0 Å². The Kier molecular flexibility index (Phi) is 3.26. The van der Waals surface area contributed by atoms with E-state index in [9.17, 15) is 4.79 Å². The Bertz CT molecular complexity index is 239. The first kappa shape index (κ1) is 10.9. The fraction of sp³-hybridized carbons (Fsp3) is 0.909. The van der Waals surface area contributed by atoms with E-state index in [0.29, 0.717) is 12.5 Å². The van der Waals surface area contributed by atoms with E-state index < -0.39 is 5.97 Å². The van der Waals surface area contributed by atoms with Crippen molar-refractivity contribution in [3.8, 4) is 0 Å². The first-order chi connectivity index (χ1) is 7.15. The molecule has 0 saturated carbocycles. The number of carboxylic acid groups (broad SMARTS) is 1. The van der Waals surface area contributed by atoms with Gasteiger partial charge in [-0.15, -0.1) is 0 Å². The monoisotopic (exact) mass is 212 g/mol. The van der Waals surface area contributed by atoms with E-state index in [-0.39, 0.29) is 0 Å². The highest BCUT2D eigenvalue weighted by Crippen LogP contribution is 2.23. The third-order valence-corrected chi connectivity index (χ3v) is 3.64. The number of carbonyl (C=O) groups is 1. The van der Waals surface area contributed by atoms with Gasteiger partial charge in [0.05, 0.1) is 6.42 Å². The molecule has 4 heteroatoms. The summed E-state index contributed by atoms with van der Waals surface area (Å²) in [6.07, 6.45) is 2.63. The van der Waals surface area contributed by atoms with E-state index in [1.165, 1.54) is 19.5 Å². The smallest absolute Gasteiger partial charge is 0.304 e. The molecule has 0 spiro atoms. The number of aliphatic carboxylic acids is 1. The quantitative estimate of drug-likeness (QED) is 0.720. The summed E-state index contributed by atoms with van der Waals surface area (Å²) < 4.78 is 0. The van der Waals surface area contributed by atoms with E-state index >= 15 is 0 Å². The van der Waals surface area contributed by atoms with E-state index in [4.69, 9.17) is 5.11 Å². The zero-order valence-electron chi connectivity index (χ0n) is 9.35. The SMILES string of the molecule is CN1CC(CCN2CCC2CC(=O)O)C1. The Hall–Kier alpha value is -0.610. The van der Waals surface area contributed by atoms with Crippen LogP contribution < -0.4 is 0 Å². The molecule has 0 aromatic heterocycles. The Morgan fingerprint density at radius 2 is 2.20 bits per heavy atom. The van der Waals surface area contributed by atoms with Gasteiger partial charge in [-0.25, -0.2) is 0 Å². The molecule has 2 heterocycles. The third-order valence-electron chi connectivity index (χ3n) is 3.64. The largest absolute Gasteiger partial charge is 0.481 e. The minimum Gasteiger partial charge on any atom is -0.481 e. The van der Waals surface area contributed by atoms with Gasteiger partial charge in [0.2, 0.25) is 0 Å². The van der Waals surface area contributed by atoms with Gasteiger partial charge in [-0.1, -0.05) is 0 Å². The fourth-order valence-electron chi connectivity index (χ4n) is 2.58. The van der Waals surface area contributed by atoms with Crippen LogP contribution in [0.25, 0.3) is 0 Å². The molecule has 15 heavy (non-hydrogen) atoms. The summed E-state index contributed by atoms with van der Waals surface area (Å²) in [5, 5.41) is 8.70. The summed E-state index contributed by atoms with van der Waals surface area (Å²) in [6.45, 7) is 4.63. The topological polar surface area (TPSA) is 43.8 Å². The maximum Gasteiger partial charge on any atom is 0.304 e. The summed E-state index contributed by atoms with van der Waals surface area (Å²) in [7, 11) is 2.15. The maximum atomic E-state index is 10.6. The van der Waals surface area contributed by atoms with E-state index in [2.05, 4.69) is 16.8 Å². The molecule has 1 N–H and O–H groups in total. The van der Waals surface area contributed by atoms with Crippen LogP contribution in [0.3, 0.4) is 0 Å². The van der Waals surface area contributed by atoms with Gasteiger partial charge in [0.25, 0.3) is 0 Å². The van der Waals surface area contributed by atoms with Crippen LogP contribution in [-0.4, -0.2) is 60.1 Å². The molecular formula is C11H20N2O2. The van der Waals surface area contributed by atoms with Crippen LogP contribution in [0.5, 0.6) is 0 Å². The summed E-state index contributed by atoms with van der Waals surface area (Å²) in [6, 6.07) is 0.320. The predicted molar refractivity (Wildman–Crippen MR) is 57.8 cm³/mol. The first-order valence-corrected chi connectivity index (χ1v) is 5.79. The number of rotatable bonds is 5. The van der Waals surface area contributed by atoms with Crippen molar-refractivity contribution < 1.29 is 9.90 Å². The second-order valence-corrected chi connectivity index (χ2v) is 4.95. The van der Waals surface area contributed by atoms with Crippen molar-refractivity contribution in [2.24, 2.45) is 5.92 Å². The lowest BCUT2D eigenvalue weighted by atomic mass is 9.94. The van der Waals surface area contributed by atoms with Gasteiger partial charge < -0.3 is 10.0 Å². The number of hydrogen-bond donors (Lipinski definition) is 1. The lowest BCUT2D eigenvalue weighted by molar-refractivity contribution is -0.139. The van der Waals surface area contributed by atoms with Gasteiger partial charge in [-0.3, -0.25) is 9.69 Å². The van der Waals surface area contributed by atoms with Crippen molar-refractivity contribution in [3.05, 3.63) is 0 Å². The predicted octanol–water partition coefficient (Wildman–Crippen LogP) is 0.487. The molecule has 0 aromatic rings. The Labute approximate surface area is 90.9 Å². The summed E-state index contributed by atoms with van der Waals surface area (Å²) in [5.41, 5.74) is 0. The average molecular weight is 212 g/mol. The molecule has 1 atom stereocenters.